The monoisotopic (exact) mass is 346 g/mol. The number of ether oxygens (including phenoxy) is 1. The molecular formula is C15H21F3N4O2. The van der Waals surface area contributed by atoms with E-state index in [0.717, 1.165) is 0 Å². The van der Waals surface area contributed by atoms with Crippen LogP contribution < -0.4 is 20.7 Å². The van der Waals surface area contributed by atoms with Gasteiger partial charge in [0.2, 0.25) is 5.91 Å². The summed E-state index contributed by atoms with van der Waals surface area (Å²) in [6.45, 7) is 4.68. The number of likely N-dealkylation sites (N-methyl/N-ethyl adjacent to an activating group) is 1. The predicted molar refractivity (Wildman–Crippen MR) is 84.6 cm³/mol. The lowest BCUT2D eigenvalue weighted by Crippen LogP contribution is -2.43. The van der Waals surface area contributed by atoms with Crippen LogP contribution in [0.2, 0.25) is 0 Å². The summed E-state index contributed by atoms with van der Waals surface area (Å²) in [5, 5.41) is 8.34. The van der Waals surface area contributed by atoms with E-state index in [2.05, 4.69) is 25.7 Å². The van der Waals surface area contributed by atoms with Gasteiger partial charge in [0.25, 0.3) is 0 Å². The van der Waals surface area contributed by atoms with Crippen molar-refractivity contribution in [3.05, 3.63) is 29.8 Å². The summed E-state index contributed by atoms with van der Waals surface area (Å²) in [4.78, 5) is 15.6. The van der Waals surface area contributed by atoms with Crippen LogP contribution in [0, 0.1) is 0 Å². The van der Waals surface area contributed by atoms with Gasteiger partial charge in [-0.15, -0.1) is 13.2 Å². The van der Waals surface area contributed by atoms with E-state index in [-0.39, 0.29) is 30.3 Å². The highest BCUT2D eigenvalue weighted by Gasteiger charge is 2.31. The number of nitrogens with one attached hydrogen (secondary N) is 3. The third kappa shape index (κ3) is 7.70. The van der Waals surface area contributed by atoms with E-state index < -0.39 is 6.36 Å². The molecule has 0 bridgehead atoms. The average Bonchev–Trinajstić information content (AvgIpc) is 2.50. The SMILES string of the molecule is CCNC(=O)CNC(=NCc1ccccc1OC(F)(F)F)NCC. The number of alkyl halides is 3. The second-order valence-electron chi connectivity index (χ2n) is 4.66. The Morgan fingerprint density at radius 3 is 2.42 bits per heavy atom. The molecule has 0 saturated heterocycles. The Kier molecular flexibility index (Phi) is 7.87. The zero-order valence-corrected chi connectivity index (χ0v) is 13.5. The highest BCUT2D eigenvalue weighted by atomic mass is 19.4. The molecule has 1 aromatic rings. The number of aliphatic imine (C=N–C) groups is 1. The first-order valence-corrected chi connectivity index (χ1v) is 7.48. The van der Waals surface area contributed by atoms with Crippen LogP contribution in [0.25, 0.3) is 0 Å². The first-order valence-electron chi connectivity index (χ1n) is 7.48. The van der Waals surface area contributed by atoms with Gasteiger partial charge in [0.15, 0.2) is 5.96 Å². The van der Waals surface area contributed by atoms with Gasteiger partial charge >= 0.3 is 6.36 Å². The number of rotatable bonds is 7. The van der Waals surface area contributed by atoms with E-state index in [4.69, 9.17) is 0 Å². The van der Waals surface area contributed by atoms with Gasteiger partial charge in [-0.05, 0) is 19.9 Å². The molecule has 0 heterocycles. The zero-order valence-electron chi connectivity index (χ0n) is 13.5. The van der Waals surface area contributed by atoms with E-state index in [1.807, 2.05) is 6.92 Å². The molecule has 0 spiro atoms. The van der Waals surface area contributed by atoms with Crippen LogP contribution in [0.4, 0.5) is 13.2 Å². The van der Waals surface area contributed by atoms with Crippen molar-refractivity contribution in [3.8, 4) is 5.75 Å². The minimum atomic E-state index is -4.76. The zero-order chi connectivity index (χ0) is 18.0. The van der Waals surface area contributed by atoms with Crippen molar-refractivity contribution in [3.63, 3.8) is 0 Å². The maximum absolute atomic E-state index is 12.4. The van der Waals surface area contributed by atoms with Crippen molar-refractivity contribution in [2.75, 3.05) is 19.6 Å². The molecule has 24 heavy (non-hydrogen) atoms. The van der Waals surface area contributed by atoms with Gasteiger partial charge in [0.1, 0.15) is 5.75 Å². The summed E-state index contributed by atoms with van der Waals surface area (Å²) in [6.07, 6.45) is -4.76. The molecule has 1 amide bonds. The normalized spacial score (nSPS) is 11.8. The lowest BCUT2D eigenvalue weighted by atomic mass is 10.2. The van der Waals surface area contributed by atoms with Crippen molar-refractivity contribution < 1.29 is 22.7 Å². The molecule has 6 nitrogen and oxygen atoms in total. The van der Waals surface area contributed by atoms with E-state index in [9.17, 15) is 18.0 Å². The maximum atomic E-state index is 12.4. The topological polar surface area (TPSA) is 74.8 Å². The standard InChI is InChI=1S/C15H21F3N4O2/c1-3-19-13(23)10-22-14(20-4-2)21-9-11-7-5-6-8-12(11)24-15(16,17)18/h5-8H,3-4,9-10H2,1-2H3,(H,19,23)(H2,20,21,22). The largest absolute Gasteiger partial charge is 0.573 e. The Hall–Kier alpha value is -2.45. The molecule has 0 fully saturated rings. The number of halogens is 3. The maximum Gasteiger partial charge on any atom is 0.573 e. The van der Waals surface area contributed by atoms with E-state index in [0.29, 0.717) is 19.0 Å². The molecule has 0 saturated carbocycles. The first-order chi connectivity index (χ1) is 11.4. The van der Waals surface area contributed by atoms with Gasteiger partial charge in [0, 0.05) is 18.7 Å². The summed E-state index contributed by atoms with van der Waals surface area (Å²) in [5.74, 6) is -0.178. The number of nitrogens with zero attached hydrogens (tertiary/aromatic N) is 1. The van der Waals surface area contributed by atoms with Gasteiger partial charge in [-0.25, -0.2) is 4.99 Å². The predicted octanol–water partition coefficient (Wildman–Crippen LogP) is 1.78. The van der Waals surface area contributed by atoms with Gasteiger partial charge in [-0.1, -0.05) is 18.2 Å². The van der Waals surface area contributed by atoms with Crippen molar-refractivity contribution in [2.24, 2.45) is 4.99 Å². The fourth-order valence-electron chi connectivity index (χ4n) is 1.79. The van der Waals surface area contributed by atoms with Gasteiger partial charge < -0.3 is 20.7 Å². The molecule has 3 N–H and O–H groups in total. The van der Waals surface area contributed by atoms with E-state index in [1.165, 1.54) is 18.2 Å². The second kappa shape index (κ2) is 9.64. The lowest BCUT2D eigenvalue weighted by molar-refractivity contribution is -0.274. The van der Waals surface area contributed by atoms with Crippen LogP contribution in [0.15, 0.2) is 29.3 Å². The van der Waals surface area contributed by atoms with Crippen LogP contribution >= 0.6 is 0 Å². The number of guanidine groups is 1. The lowest BCUT2D eigenvalue weighted by Gasteiger charge is -2.13. The number of carbonyl (C=O) groups is 1. The Morgan fingerprint density at radius 1 is 1.12 bits per heavy atom. The summed E-state index contributed by atoms with van der Waals surface area (Å²) in [6, 6.07) is 5.78. The summed E-state index contributed by atoms with van der Waals surface area (Å²) >= 11 is 0. The molecule has 0 unspecified atom stereocenters. The van der Waals surface area contributed by atoms with Crippen LogP contribution in [0.1, 0.15) is 19.4 Å². The fourth-order valence-corrected chi connectivity index (χ4v) is 1.79. The van der Waals surface area contributed by atoms with Crippen molar-refractivity contribution in [1.29, 1.82) is 0 Å². The number of amides is 1. The number of benzene rings is 1. The van der Waals surface area contributed by atoms with Crippen molar-refractivity contribution in [1.82, 2.24) is 16.0 Å². The quantitative estimate of drug-likeness (QED) is 0.520. The number of hydrogen-bond acceptors (Lipinski definition) is 3. The van der Waals surface area contributed by atoms with E-state index >= 15 is 0 Å². The minimum Gasteiger partial charge on any atom is -0.405 e. The fraction of sp³-hybridized carbons (Fsp3) is 0.467. The Balaban J connectivity index is 2.77. The van der Waals surface area contributed by atoms with Crippen LogP contribution in [0.3, 0.4) is 0 Å². The molecule has 0 aromatic heterocycles. The van der Waals surface area contributed by atoms with Crippen LogP contribution in [0.5, 0.6) is 5.75 Å². The molecule has 1 rings (SSSR count). The number of hydrogen-bond donors (Lipinski definition) is 3. The highest BCUT2D eigenvalue weighted by Crippen LogP contribution is 2.26. The summed E-state index contributed by atoms with van der Waals surface area (Å²) < 4.78 is 41.2. The minimum absolute atomic E-state index is 0.0143. The molecule has 0 atom stereocenters. The molecule has 0 aliphatic heterocycles. The summed E-state index contributed by atoms with van der Waals surface area (Å²) in [5.41, 5.74) is 0.282. The molecule has 1 aromatic carbocycles. The summed E-state index contributed by atoms with van der Waals surface area (Å²) in [7, 11) is 0. The van der Waals surface area contributed by atoms with Gasteiger partial charge in [-0.3, -0.25) is 4.79 Å². The van der Waals surface area contributed by atoms with Crippen LogP contribution in [-0.2, 0) is 11.3 Å². The van der Waals surface area contributed by atoms with E-state index in [1.54, 1.807) is 13.0 Å². The Morgan fingerprint density at radius 2 is 1.79 bits per heavy atom. The van der Waals surface area contributed by atoms with Crippen molar-refractivity contribution >= 4 is 11.9 Å². The highest BCUT2D eigenvalue weighted by molar-refractivity contribution is 5.86. The van der Waals surface area contributed by atoms with Gasteiger partial charge in [0.05, 0.1) is 13.1 Å². The molecule has 0 aliphatic carbocycles. The average molecular weight is 346 g/mol. The molecule has 9 heteroatoms. The third-order valence-electron chi connectivity index (χ3n) is 2.74. The number of para-hydroxylation sites is 1. The first kappa shape index (κ1) is 19.6. The third-order valence-corrected chi connectivity index (χ3v) is 2.74. The molecule has 0 radical (unpaired) electrons. The van der Waals surface area contributed by atoms with Crippen molar-refractivity contribution in [2.45, 2.75) is 26.8 Å². The Labute approximate surface area is 138 Å². The molecular weight excluding hydrogens is 325 g/mol. The second-order valence-corrected chi connectivity index (χ2v) is 4.66. The van der Waals surface area contributed by atoms with Crippen LogP contribution in [-0.4, -0.2) is 37.9 Å². The smallest absolute Gasteiger partial charge is 0.405 e. The Bertz CT molecular complexity index is 562. The van der Waals surface area contributed by atoms with Gasteiger partial charge in [-0.2, -0.15) is 0 Å². The number of carbonyl (C=O) groups excluding carboxylic acids is 1. The molecule has 134 valence electrons. The molecule has 0 aliphatic rings.